The molecule has 7 nitrogen and oxygen atoms in total. The maximum atomic E-state index is 5.15. The van der Waals surface area contributed by atoms with Crippen LogP contribution in [0, 0.1) is 6.92 Å². The number of likely N-dealkylation sites (N-methyl/N-ethyl adjacent to an activating group) is 1. The van der Waals surface area contributed by atoms with Crippen LogP contribution >= 0.6 is 0 Å². The Morgan fingerprint density at radius 2 is 1.78 bits per heavy atom. The van der Waals surface area contributed by atoms with Gasteiger partial charge < -0.3 is 19.6 Å². The molecule has 1 N–H and O–H groups in total. The molecule has 3 aromatic rings. The first-order valence-electron chi connectivity index (χ1n) is 9.33. The summed E-state index contributed by atoms with van der Waals surface area (Å²) < 4.78 is 5.15. The predicted octanol–water partition coefficient (Wildman–Crippen LogP) is 3.33. The summed E-state index contributed by atoms with van der Waals surface area (Å²) in [5.74, 6) is 3.75. The van der Waals surface area contributed by atoms with Crippen molar-refractivity contribution < 1.29 is 4.52 Å². The number of rotatable bonds is 5. The number of hydrogen-bond donors (Lipinski definition) is 1. The average Bonchev–Trinajstić information content (AvgIpc) is 3.13. The van der Waals surface area contributed by atoms with E-state index in [0.29, 0.717) is 17.5 Å². The molecule has 7 heteroatoms. The quantitative estimate of drug-likeness (QED) is 0.744. The highest BCUT2D eigenvalue weighted by molar-refractivity contribution is 5.64. The molecule has 4 rings (SSSR count). The molecule has 1 saturated heterocycles. The largest absolute Gasteiger partial charge is 0.360 e. The van der Waals surface area contributed by atoms with E-state index in [0.717, 1.165) is 49.9 Å². The number of benzene rings is 1. The number of nitrogens with one attached hydrogen (secondary N) is 1. The van der Waals surface area contributed by atoms with E-state index in [1.54, 1.807) is 0 Å². The number of nitrogens with zero attached hydrogens (tertiary/aromatic N) is 5. The van der Waals surface area contributed by atoms with Gasteiger partial charge in [-0.05, 0) is 13.5 Å². The summed E-state index contributed by atoms with van der Waals surface area (Å²) >= 11 is 0. The Bertz CT molecular complexity index is 886. The molecule has 0 bridgehead atoms. The Labute approximate surface area is 159 Å². The van der Waals surface area contributed by atoms with Gasteiger partial charge in [0.2, 0.25) is 0 Å². The molecule has 0 aliphatic carbocycles. The van der Waals surface area contributed by atoms with Crippen LogP contribution in [0.1, 0.15) is 12.7 Å². The summed E-state index contributed by atoms with van der Waals surface area (Å²) in [6.45, 7) is 9.18. The van der Waals surface area contributed by atoms with Crippen molar-refractivity contribution >= 4 is 17.5 Å². The van der Waals surface area contributed by atoms with E-state index < -0.39 is 0 Å². The zero-order chi connectivity index (χ0) is 18.6. The van der Waals surface area contributed by atoms with Crippen molar-refractivity contribution in [3.05, 3.63) is 48.2 Å². The lowest BCUT2D eigenvalue weighted by atomic mass is 10.2. The van der Waals surface area contributed by atoms with Crippen molar-refractivity contribution in [2.24, 2.45) is 0 Å². The molecule has 1 aliphatic heterocycles. The number of aromatic nitrogens is 3. The lowest BCUT2D eigenvalue weighted by Crippen LogP contribution is -2.46. The molecule has 2 aromatic heterocycles. The average molecular weight is 364 g/mol. The summed E-state index contributed by atoms with van der Waals surface area (Å²) in [5, 5.41) is 7.25. The third kappa shape index (κ3) is 4.09. The lowest BCUT2D eigenvalue weighted by Gasteiger charge is -2.35. The molecule has 1 aliphatic rings. The van der Waals surface area contributed by atoms with E-state index in [1.807, 2.05) is 49.4 Å². The summed E-state index contributed by atoms with van der Waals surface area (Å²) in [5.41, 5.74) is 0.992. The number of anilines is 3. The first kappa shape index (κ1) is 17.5. The summed E-state index contributed by atoms with van der Waals surface area (Å²) in [7, 11) is 0. The number of hydrogen-bond acceptors (Lipinski definition) is 7. The topological polar surface area (TPSA) is 70.3 Å². The van der Waals surface area contributed by atoms with Crippen molar-refractivity contribution in [1.82, 2.24) is 20.0 Å². The second kappa shape index (κ2) is 7.75. The normalized spacial score (nSPS) is 15.1. The standard InChI is InChI=1S/C20H24N6O/c1-3-25-9-11-26(12-10-25)19-14-17(21-18-13-15(2)27-24-18)22-20(23-19)16-7-5-4-6-8-16/h4-8,13-14H,3,9-12H2,1-2H3,(H,21,22,23,24). The highest BCUT2D eigenvalue weighted by atomic mass is 16.5. The van der Waals surface area contributed by atoms with Crippen LogP contribution in [0.3, 0.4) is 0 Å². The van der Waals surface area contributed by atoms with Crippen LogP contribution < -0.4 is 10.2 Å². The minimum absolute atomic E-state index is 0.645. The smallest absolute Gasteiger partial charge is 0.175 e. The SMILES string of the molecule is CCN1CCN(c2cc(Nc3cc(C)on3)nc(-c3ccccc3)n2)CC1. The first-order chi connectivity index (χ1) is 13.2. The van der Waals surface area contributed by atoms with E-state index in [4.69, 9.17) is 14.5 Å². The van der Waals surface area contributed by atoms with Gasteiger partial charge in [0.1, 0.15) is 17.4 Å². The van der Waals surface area contributed by atoms with Gasteiger partial charge in [-0.25, -0.2) is 9.97 Å². The fourth-order valence-corrected chi connectivity index (χ4v) is 3.23. The molecular weight excluding hydrogens is 340 g/mol. The molecule has 0 spiro atoms. The van der Waals surface area contributed by atoms with Crippen LogP contribution in [0.15, 0.2) is 47.0 Å². The molecule has 0 radical (unpaired) electrons. The Hall–Kier alpha value is -2.93. The number of aryl methyl sites for hydroxylation is 1. The maximum Gasteiger partial charge on any atom is 0.175 e. The fraction of sp³-hybridized carbons (Fsp3) is 0.350. The third-order valence-corrected chi connectivity index (χ3v) is 4.77. The molecule has 1 aromatic carbocycles. The monoisotopic (exact) mass is 364 g/mol. The first-order valence-corrected chi connectivity index (χ1v) is 9.33. The summed E-state index contributed by atoms with van der Waals surface area (Å²) in [4.78, 5) is 14.3. The molecule has 3 heterocycles. The molecule has 0 amide bonds. The Morgan fingerprint density at radius 3 is 2.44 bits per heavy atom. The zero-order valence-corrected chi connectivity index (χ0v) is 15.7. The van der Waals surface area contributed by atoms with Crippen LogP contribution in [0.2, 0.25) is 0 Å². The fourth-order valence-electron chi connectivity index (χ4n) is 3.23. The minimum Gasteiger partial charge on any atom is -0.360 e. The highest BCUT2D eigenvalue weighted by Gasteiger charge is 2.19. The van der Waals surface area contributed by atoms with E-state index in [9.17, 15) is 0 Å². The summed E-state index contributed by atoms with van der Waals surface area (Å²) in [6, 6.07) is 13.9. The van der Waals surface area contributed by atoms with Crippen molar-refractivity contribution in [3.63, 3.8) is 0 Å². The summed E-state index contributed by atoms with van der Waals surface area (Å²) in [6.07, 6.45) is 0. The van der Waals surface area contributed by atoms with Gasteiger partial charge in [0.05, 0.1) is 0 Å². The van der Waals surface area contributed by atoms with Gasteiger partial charge in [0, 0.05) is 43.9 Å². The molecule has 0 atom stereocenters. The molecule has 1 fully saturated rings. The van der Waals surface area contributed by atoms with Crippen molar-refractivity contribution in [2.45, 2.75) is 13.8 Å². The van der Waals surface area contributed by atoms with E-state index in [2.05, 4.69) is 27.2 Å². The van der Waals surface area contributed by atoms with Crippen LogP contribution in [-0.2, 0) is 0 Å². The third-order valence-electron chi connectivity index (χ3n) is 4.77. The lowest BCUT2D eigenvalue weighted by molar-refractivity contribution is 0.270. The van der Waals surface area contributed by atoms with Crippen LogP contribution in [0.5, 0.6) is 0 Å². The maximum absolute atomic E-state index is 5.15. The molecule has 27 heavy (non-hydrogen) atoms. The zero-order valence-electron chi connectivity index (χ0n) is 15.7. The minimum atomic E-state index is 0.645. The highest BCUT2D eigenvalue weighted by Crippen LogP contribution is 2.25. The predicted molar refractivity (Wildman–Crippen MR) is 106 cm³/mol. The van der Waals surface area contributed by atoms with Crippen molar-refractivity contribution in [2.75, 3.05) is 42.9 Å². The Kier molecular flexibility index (Phi) is 5.02. The molecule has 140 valence electrons. The van der Waals surface area contributed by atoms with Crippen LogP contribution in [0.4, 0.5) is 17.5 Å². The van der Waals surface area contributed by atoms with E-state index in [-0.39, 0.29) is 0 Å². The van der Waals surface area contributed by atoms with Crippen molar-refractivity contribution in [3.8, 4) is 11.4 Å². The van der Waals surface area contributed by atoms with Gasteiger partial charge in [0.25, 0.3) is 0 Å². The van der Waals surface area contributed by atoms with Gasteiger partial charge >= 0.3 is 0 Å². The number of piperazine rings is 1. The van der Waals surface area contributed by atoms with Crippen LogP contribution in [0.25, 0.3) is 11.4 Å². The second-order valence-corrected chi connectivity index (χ2v) is 6.67. The Balaban J connectivity index is 1.66. The molecule has 0 saturated carbocycles. The van der Waals surface area contributed by atoms with Crippen molar-refractivity contribution in [1.29, 1.82) is 0 Å². The van der Waals surface area contributed by atoms with Crippen LogP contribution in [-0.4, -0.2) is 52.7 Å². The second-order valence-electron chi connectivity index (χ2n) is 6.67. The van der Waals surface area contributed by atoms with E-state index in [1.165, 1.54) is 0 Å². The van der Waals surface area contributed by atoms with Gasteiger partial charge in [0.15, 0.2) is 11.6 Å². The Morgan fingerprint density at radius 1 is 1.00 bits per heavy atom. The molecular formula is C20H24N6O. The van der Waals surface area contributed by atoms with Gasteiger partial charge in [-0.15, -0.1) is 0 Å². The molecule has 0 unspecified atom stereocenters. The van der Waals surface area contributed by atoms with E-state index >= 15 is 0 Å². The van der Waals surface area contributed by atoms with Gasteiger partial charge in [-0.1, -0.05) is 42.4 Å². The van der Waals surface area contributed by atoms with Gasteiger partial charge in [-0.2, -0.15) is 0 Å². The van der Waals surface area contributed by atoms with Gasteiger partial charge in [-0.3, -0.25) is 0 Å².